The monoisotopic (exact) mass is 620 g/mol. The minimum Gasteiger partial charge on any atom is -0.368 e. The number of carbonyl (C=O) groups is 2. The van der Waals surface area contributed by atoms with Crippen LogP contribution in [0.2, 0.25) is 0 Å². The normalized spacial score (nSPS) is 20.1. The second-order valence-electron chi connectivity index (χ2n) is 10.1. The van der Waals surface area contributed by atoms with Gasteiger partial charge < -0.3 is 29.7 Å². The quantitative estimate of drug-likeness (QED) is 0.346. The summed E-state index contributed by atoms with van der Waals surface area (Å²) in [4.78, 5) is 48.6. The summed E-state index contributed by atoms with van der Waals surface area (Å²) in [5.41, 5.74) is 0.372. The van der Waals surface area contributed by atoms with Crippen LogP contribution in [0.1, 0.15) is 50.6 Å². The van der Waals surface area contributed by atoms with Gasteiger partial charge in [0.05, 0.1) is 0 Å². The van der Waals surface area contributed by atoms with Crippen LogP contribution < -0.4 is 67.4 Å². The fourth-order valence-electron chi connectivity index (χ4n) is 5.57. The van der Waals surface area contributed by atoms with Gasteiger partial charge >= 0.3 is 63.6 Å². The number of fused-ring (bicyclic) bond motifs is 1. The van der Waals surface area contributed by atoms with Gasteiger partial charge in [-0.05, 0) is 49.6 Å². The Hall–Kier alpha value is -2.33. The number of hydrogen-bond acceptors (Lipinski definition) is 4. The van der Waals surface area contributed by atoms with Crippen molar-refractivity contribution in [3.63, 3.8) is 0 Å². The van der Waals surface area contributed by atoms with Crippen molar-refractivity contribution < 1.29 is 82.9 Å². The summed E-state index contributed by atoms with van der Waals surface area (Å²) in [5.74, 6) is -4.12. The number of alkyl halides is 3. The molecule has 15 heteroatoms. The first-order valence-electron chi connectivity index (χ1n) is 12.9. The Balaban J connectivity index is 0.00000242. The molecule has 9 nitrogen and oxygen atoms in total. The summed E-state index contributed by atoms with van der Waals surface area (Å²) in [6.07, 6.45) is -2.35. The summed E-state index contributed by atoms with van der Waals surface area (Å²) in [7, 11) is 0. The third-order valence-corrected chi connectivity index (χ3v) is 7.49. The summed E-state index contributed by atoms with van der Waals surface area (Å²) in [6, 6.07) is 4.76. The number of aromatic nitrogens is 3. The number of rotatable bonds is 4. The number of piperidine rings is 1. The number of amides is 3. The van der Waals surface area contributed by atoms with Crippen molar-refractivity contribution in [3.8, 4) is 0 Å². The van der Waals surface area contributed by atoms with Gasteiger partial charge in [0.15, 0.2) is 11.6 Å². The maximum absolute atomic E-state index is 14.5. The van der Waals surface area contributed by atoms with Crippen LogP contribution >= 0.6 is 0 Å². The van der Waals surface area contributed by atoms with Gasteiger partial charge in [-0.2, -0.15) is 13.2 Å². The fourth-order valence-corrected chi connectivity index (χ4v) is 5.57. The predicted molar refractivity (Wildman–Crippen MR) is 139 cm³/mol. The second-order valence-corrected chi connectivity index (χ2v) is 10.1. The number of benzene rings is 1. The number of pyridine rings is 1. The van der Waals surface area contributed by atoms with Crippen molar-refractivity contribution in [3.05, 3.63) is 64.2 Å². The van der Waals surface area contributed by atoms with Crippen molar-refractivity contribution in [1.29, 1.82) is 0 Å². The van der Waals surface area contributed by atoms with Gasteiger partial charge in [-0.15, -0.1) is 0 Å². The Morgan fingerprint density at radius 2 is 1.76 bits per heavy atom. The van der Waals surface area contributed by atoms with Gasteiger partial charge in [0.2, 0.25) is 11.6 Å². The number of halogens is 5. The van der Waals surface area contributed by atoms with E-state index in [-0.39, 0.29) is 96.3 Å². The largest absolute Gasteiger partial charge is 1.00 e. The number of nitrogens with one attached hydrogen (secondary N) is 1. The molecule has 0 saturated carbocycles. The van der Waals surface area contributed by atoms with E-state index < -0.39 is 60.5 Å². The Morgan fingerprint density at radius 3 is 2.45 bits per heavy atom. The van der Waals surface area contributed by atoms with E-state index in [4.69, 9.17) is 0 Å². The number of nitrogens with zero attached hydrogens (tertiary/aromatic N) is 5. The number of hydrogen-bond donors (Lipinski definition) is 1. The zero-order chi connectivity index (χ0) is 28.6. The molecule has 2 aromatic heterocycles. The van der Waals surface area contributed by atoms with Gasteiger partial charge in [0.1, 0.15) is 12.6 Å². The zero-order valence-corrected chi connectivity index (χ0v) is 25.3. The van der Waals surface area contributed by atoms with E-state index in [9.17, 15) is 36.3 Å². The molecule has 2 aliphatic rings. The first-order chi connectivity index (χ1) is 19.0. The van der Waals surface area contributed by atoms with Crippen molar-refractivity contribution in [1.82, 2.24) is 29.7 Å². The van der Waals surface area contributed by atoms with Crippen LogP contribution in [0.25, 0.3) is 11.2 Å². The van der Waals surface area contributed by atoms with Gasteiger partial charge in [-0.3, -0.25) is 9.59 Å². The first kappa shape index (κ1) is 34.2. The average Bonchev–Trinajstić information content (AvgIpc) is 3.18. The number of urea groups is 1. The van der Waals surface area contributed by atoms with Gasteiger partial charge in [-0.25, -0.2) is 13.6 Å². The molecule has 3 aromatic rings. The first-order valence-corrected chi connectivity index (χ1v) is 12.9. The molecular formula is C27H30F5KN6O3. The number of carbonyl (C=O) groups excluding carboxylic acids is 2. The van der Waals surface area contributed by atoms with E-state index in [2.05, 4.69) is 15.3 Å². The Bertz CT molecular complexity index is 1470. The molecule has 0 bridgehead atoms. The minimum absolute atomic E-state index is 0. The molecule has 2 saturated heterocycles. The van der Waals surface area contributed by atoms with E-state index in [1.54, 1.807) is 16.7 Å². The van der Waals surface area contributed by atoms with E-state index in [1.807, 2.05) is 0 Å². The standard InChI is InChI=1S/C26H27F5N6O3.CH4.K/c27-18-4-1-3-17(21(18)28)15-6-7-19(23(38)36(13-15)14-26(29,30)31)33-24(39)35-11-8-16(9-12-35)37-20-5-2-10-32-22(20)34-25(37)40;;/h1-5,10,15-16,19H,6-9,11-14H2,(H2,32,33,34,39,40);1H4;/q;;+1/p-1/t15-,19-;;/m1../s1. The van der Waals surface area contributed by atoms with Crippen LogP contribution in [0.4, 0.5) is 26.7 Å². The van der Waals surface area contributed by atoms with Crippen molar-refractivity contribution in [2.75, 3.05) is 26.2 Å². The summed E-state index contributed by atoms with van der Waals surface area (Å²) >= 11 is 0. The van der Waals surface area contributed by atoms with Crippen molar-refractivity contribution >= 4 is 23.1 Å². The Morgan fingerprint density at radius 1 is 1.05 bits per heavy atom. The molecule has 1 N–H and O–H groups in total. The second kappa shape index (κ2) is 14.0. The maximum Gasteiger partial charge on any atom is 1.00 e. The molecule has 222 valence electrons. The molecule has 5 rings (SSSR count). The predicted octanol–water partition coefficient (Wildman–Crippen LogP) is 0.956. The number of likely N-dealkylation sites (tertiary alicyclic amines) is 2. The van der Waals surface area contributed by atoms with Crippen LogP contribution in [-0.4, -0.2) is 69.7 Å². The summed E-state index contributed by atoms with van der Waals surface area (Å²) < 4.78 is 69.8. The molecule has 0 unspecified atom stereocenters. The third-order valence-electron chi connectivity index (χ3n) is 7.49. The molecule has 3 amide bonds. The minimum atomic E-state index is -4.73. The molecule has 2 atom stereocenters. The Kier molecular flexibility index (Phi) is 11.4. The average molecular weight is 621 g/mol. The molecule has 2 aliphatic heterocycles. The van der Waals surface area contributed by atoms with Crippen molar-refractivity contribution in [2.24, 2.45) is 0 Å². The Labute approximate surface area is 281 Å². The van der Waals surface area contributed by atoms with Gasteiger partial charge in [0.25, 0.3) is 0 Å². The molecule has 0 aliphatic carbocycles. The van der Waals surface area contributed by atoms with Crippen molar-refractivity contribution in [2.45, 2.75) is 57.3 Å². The molecule has 0 spiro atoms. The van der Waals surface area contributed by atoms with E-state index in [1.165, 1.54) is 23.2 Å². The molecule has 1 aromatic carbocycles. The number of imidazole rings is 1. The topological polar surface area (TPSA) is 102 Å². The molecule has 2 fully saturated rings. The smallest absolute Gasteiger partial charge is 0.368 e. The fraction of sp³-hybridized carbons (Fsp3) is 0.481. The molecular weight excluding hydrogens is 590 g/mol. The van der Waals surface area contributed by atoms with E-state index in [0.717, 1.165) is 6.07 Å². The maximum atomic E-state index is 14.5. The summed E-state index contributed by atoms with van der Waals surface area (Å²) in [6.45, 7) is -1.58. The van der Waals surface area contributed by atoms with Gasteiger partial charge in [0, 0.05) is 36.7 Å². The van der Waals surface area contributed by atoms with Gasteiger partial charge in [-0.1, -0.05) is 31.7 Å². The van der Waals surface area contributed by atoms with Crippen LogP contribution in [0.15, 0.2) is 41.3 Å². The SMILES string of the molecule is C.O=C(N[C@@H]1CC[C@@H](c2cccc(F)c2F)CN(CC(F)(F)F)C1=O)N1CCC(n2c(=O)[n-]c3ncccc32)CC1.[K+]. The molecule has 4 heterocycles. The zero-order valence-electron chi connectivity index (χ0n) is 22.2. The third kappa shape index (κ3) is 7.41. The van der Waals surface area contributed by atoms with Crippen LogP contribution in [0, 0.1) is 11.6 Å². The molecule has 42 heavy (non-hydrogen) atoms. The molecule has 0 radical (unpaired) electrons. The van der Waals surface area contributed by atoms with Crippen LogP contribution in [-0.2, 0) is 4.79 Å². The van der Waals surface area contributed by atoms with Crippen LogP contribution in [0.3, 0.4) is 0 Å². The van der Waals surface area contributed by atoms with E-state index >= 15 is 0 Å². The van der Waals surface area contributed by atoms with E-state index in [0.29, 0.717) is 28.9 Å². The van der Waals surface area contributed by atoms with Crippen LogP contribution in [0.5, 0.6) is 0 Å². The summed E-state index contributed by atoms with van der Waals surface area (Å²) in [5, 5.41) is 2.55.